The summed E-state index contributed by atoms with van der Waals surface area (Å²) in [6, 6.07) is 0. The van der Waals surface area contributed by atoms with E-state index in [0.717, 1.165) is 40.9 Å². The second kappa shape index (κ2) is 9.55. The number of alkyl halides is 1. The fourth-order valence-electron chi connectivity index (χ4n) is 3.10. The van der Waals surface area contributed by atoms with Gasteiger partial charge in [-0.15, -0.1) is 0 Å². The molecule has 0 saturated carbocycles. The van der Waals surface area contributed by atoms with Crippen molar-refractivity contribution < 1.29 is 4.79 Å². The molecule has 0 radical (unpaired) electrons. The third-order valence-corrected chi connectivity index (χ3v) is 5.48. The zero-order valence-electron chi connectivity index (χ0n) is 15.1. The van der Waals surface area contributed by atoms with Crippen LogP contribution >= 0.6 is 27.7 Å². The van der Waals surface area contributed by atoms with Gasteiger partial charge in [-0.1, -0.05) is 34.6 Å². The Hall–Kier alpha value is -1.35. The number of nitrogens with one attached hydrogen (secondary N) is 1. The summed E-state index contributed by atoms with van der Waals surface area (Å²) in [6.45, 7) is 5.33. The second-order valence-electron chi connectivity index (χ2n) is 6.20. The van der Waals surface area contributed by atoms with Crippen LogP contribution in [0.3, 0.4) is 0 Å². The number of hydrogen-bond donors (Lipinski definition) is 1. The number of rotatable bonds is 8. The van der Waals surface area contributed by atoms with E-state index >= 15 is 0 Å². The van der Waals surface area contributed by atoms with Gasteiger partial charge in [-0.25, -0.2) is 14.6 Å². The number of amides is 1. The molecule has 7 nitrogen and oxygen atoms in total. The molecule has 2 aromatic heterocycles. The van der Waals surface area contributed by atoms with Crippen molar-refractivity contribution in [2.75, 3.05) is 35.6 Å². The first kappa shape index (κ1) is 19.4. The Balaban J connectivity index is 1.83. The maximum Gasteiger partial charge on any atom is 0.220 e. The number of nitrogens with zero attached hydrogens (tertiary/aromatic N) is 5. The second-order valence-corrected chi connectivity index (χ2v) is 8.23. The lowest BCUT2D eigenvalue weighted by atomic mass is 10.1. The summed E-state index contributed by atoms with van der Waals surface area (Å²) in [5.41, 5.74) is 0.853. The lowest BCUT2D eigenvalue weighted by molar-refractivity contribution is -0.120. The average molecular weight is 441 g/mol. The zero-order valence-corrected chi connectivity index (χ0v) is 17.5. The van der Waals surface area contributed by atoms with E-state index in [0.29, 0.717) is 24.8 Å². The van der Waals surface area contributed by atoms with Gasteiger partial charge in [0.1, 0.15) is 5.82 Å². The van der Waals surface area contributed by atoms with Gasteiger partial charge < -0.3 is 10.2 Å². The topological polar surface area (TPSA) is 75.9 Å². The van der Waals surface area contributed by atoms with E-state index in [4.69, 9.17) is 9.97 Å². The lowest BCUT2D eigenvalue weighted by Gasteiger charge is -2.28. The molecule has 142 valence electrons. The molecular weight excluding hydrogens is 416 g/mol. The molecule has 9 heteroatoms. The Morgan fingerprint density at radius 1 is 1.31 bits per heavy atom. The van der Waals surface area contributed by atoms with Gasteiger partial charge in [0.15, 0.2) is 10.8 Å². The summed E-state index contributed by atoms with van der Waals surface area (Å²) < 4.78 is 1.87. The minimum Gasteiger partial charge on any atom is -0.356 e. The van der Waals surface area contributed by atoms with E-state index in [1.807, 2.05) is 10.9 Å². The van der Waals surface area contributed by atoms with Crippen LogP contribution in [0.5, 0.6) is 0 Å². The fraction of sp³-hybridized carbons (Fsp3) is 0.647. The van der Waals surface area contributed by atoms with Crippen molar-refractivity contribution in [2.45, 2.75) is 44.3 Å². The number of carbonyl (C=O) groups excluding carboxylic acids is 1. The maximum atomic E-state index is 11.6. The predicted molar refractivity (Wildman–Crippen MR) is 109 cm³/mol. The maximum absolute atomic E-state index is 11.6. The smallest absolute Gasteiger partial charge is 0.220 e. The molecule has 0 aromatic carbocycles. The third-order valence-electron chi connectivity index (χ3n) is 4.35. The van der Waals surface area contributed by atoms with Crippen LogP contribution < -0.4 is 10.2 Å². The minimum absolute atomic E-state index is 0.0456. The highest BCUT2D eigenvalue weighted by Gasteiger charge is 2.19. The fourth-order valence-corrected chi connectivity index (χ4v) is 4.02. The number of thioether (sulfide) groups is 1. The number of hydrogen-bond acceptors (Lipinski definition) is 6. The monoisotopic (exact) mass is 440 g/mol. The van der Waals surface area contributed by atoms with Gasteiger partial charge in [-0.3, -0.25) is 4.79 Å². The third kappa shape index (κ3) is 4.68. The largest absolute Gasteiger partial charge is 0.356 e. The van der Waals surface area contributed by atoms with Crippen LogP contribution in [-0.4, -0.2) is 56.4 Å². The Morgan fingerprint density at radius 2 is 2.12 bits per heavy atom. The van der Waals surface area contributed by atoms with Crippen molar-refractivity contribution in [3.05, 3.63) is 6.20 Å². The Morgan fingerprint density at radius 3 is 2.85 bits per heavy atom. The van der Waals surface area contributed by atoms with Gasteiger partial charge in [0, 0.05) is 31.4 Å². The normalized spacial score (nSPS) is 14.8. The van der Waals surface area contributed by atoms with Crippen molar-refractivity contribution in [3.8, 4) is 0 Å². The van der Waals surface area contributed by atoms with Crippen LogP contribution in [0.25, 0.3) is 11.0 Å². The quantitative estimate of drug-likeness (QED) is 0.386. The Kier molecular flexibility index (Phi) is 7.13. The Labute approximate surface area is 166 Å². The number of anilines is 1. The van der Waals surface area contributed by atoms with Crippen molar-refractivity contribution in [2.24, 2.45) is 0 Å². The van der Waals surface area contributed by atoms with E-state index in [1.54, 1.807) is 11.8 Å². The van der Waals surface area contributed by atoms with Crippen LogP contribution in [0.1, 0.15) is 32.6 Å². The molecular formula is C17H25BrN6OS. The van der Waals surface area contributed by atoms with E-state index in [9.17, 15) is 4.79 Å². The van der Waals surface area contributed by atoms with Crippen molar-refractivity contribution >= 4 is 50.5 Å². The molecule has 2 aromatic rings. The van der Waals surface area contributed by atoms with Gasteiger partial charge in [-0.2, -0.15) is 5.10 Å². The van der Waals surface area contributed by atoms with Crippen LogP contribution in [0.4, 0.5) is 5.82 Å². The number of carbonyl (C=O) groups is 1. The van der Waals surface area contributed by atoms with Gasteiger partial charge in [0.05, 0.1) is 18.1 Å². The SMILES string of the molecule is CCSc1nc(N2CCCCC2)c2cnn(CCNC(=O)CCBr)c2n1. The molecule has 0 spiro atoms. The number of aromatic nitrogens is 4. The van der Waals surface area contributed by atoms with E-state index < -0.39 is 0 Å². The first-order valence-corrected chi connectivity index (χ1v) is 11.3. The number of fused-ring (bicyclic) bond motifs is 1. The van der Waals surface area contributed by atoms with E-state index in [1.165, 1.54) is 19.3 Å². The summed E-state index contributed by atoms with van der Waals surface area (Å²) in [4.78, 5) is 23.5. The minimum atomic E-state index is 0.0456. The molecule has 1 N–H and O–H groups in total. The first-order valence-electron chi connectivity index (χ1n) is 9.17. The van der Waals surface area contributed by atoms with Crippen LogP contribution in [0, 0.1) is 0 Å². The summed E-state index contributed by atoms with van der Waals surface area (Å²) in [5.74, 6) is 1.98. The molecule has 0 atom stereocenters. The molecule has 0 bridgehead atoms. The standard InChI is InChI=1S/C17H25BrN6OS/c1-2-26-17-21-15(23-9-4-3-5-10-23)13-12-20-24(16(13)22-17)11-8-19-14(25)6-7-18/h12H,2-11H2,1H3,(H,19,25). The van der Waals surface area contributed by atoms with Crippen LogP contribution in [0.2, 0.25) is 0 Å². The highest BCUT2D eigenvalue weighted by atomic mass is 79.9. The summed E-state index contributed by atoms with van der Waals surface area (Å²) in [5, 5.41) is 9.90. The van der Waals surface area contributed by atoms with E-state index in [2.05, 4.69) is 38.2 Å². The number of halogens is 1. The van der Waals surface area contributed by atoms with E-state index in [-0.39, 0.29) is 5.91 Å². The van der Waals surface area contributed by atoms with Gasteiger partial charge >= 0.3 is 0 Å². The molecule has 0 aliphatic carbocycles. The van der Waals surface area contributed by atoms with Gasteiger partial charge in [0.2, 0.25) is 5.91 Å². The van der Waals surface area contributed by atoms with Gasteiger partial charge in [0.25, 0.3) is 0 Å². The van der Waals surface area contributed by atoms with Crippen LogP contribution in [-0.2, 0) is 11.3 Å². The molecule has 0 unspecified atom stereocenters. The first-order chi connectivity index (χ1) is 12.7. The Bertz CT molecular complexity index is 746. The molecule has 1 aliphatic rings. The molecule has 26 heavy (non-hydrogen) atoms. The lowest BCUT2D eigenvalue weighted by Crippen LogP contribution is -2.30. The molecule has 3 rings (SSSR count). The summed E-state index contributed by atoms with van der Waals surface area (Å²) in [6.07, 6.45) is 6.04. The van der Waals surface area contributed by atoms with Crippen molar-refractivity contribution in [1.82, 2.24) is 25.1 Å². The highest BCUT2D eigenvalue weighted by Crippen LogP contribution is 2.29. The molecule has 1 saturated heterocycles. The molecule has 1 fully saturated rings. The summed E-state index contributed by atoms with van der Waals surface area (Å²) in [7, 11) is 0. The molecule has 1 amide bonds. The average Bonchev–Trinajstić information content (AvgIpc) is 3.05. The van der Waals surface area contributed by atoms with Crippen molar-refractivity contribution in [1.29, 1.82) is 0 Å². The number of piperidine rings is 1. The predicted octanol–water partition coefficient (Wildman–Crippen LogP) is 2.83. The zero-order chi connectivity index (χ0) is 18.4. The summed E-state index contributed by atoms with van der Waals surface area (Å²) >= 11 is 4.93. The van der Waals surface area contributed by atoms with Crippen molar-refractivity contribution in [3.63, 3.8) is 0 Å². The molecule has 3 heterocycles. The van der Waals surface area contributed by atoms with Gasteiger partial charge in [-0.05, 0) is 25.0 Å². The van der Waals surface area contributed by atoms with Crippen LogP contribution in [0.15, 0.2) is 11.4 Å². The molecule has 1 aliphatic heterocycles. The highest BCUT2D eigenvalue weighted by molar-refractivity contribution is 9.09.